The van der Waals surface area contributed by atoms with Crippen LogP contribution in [0.2, 0.25) is 0 Å². The zero-order chi connectivity index (χ0) is 16.7. The highest BCUT2D eigenvalue weighted by molar-refractivity contribution is 5.12. The van der Waals surface area contributed by atoms with Crippen LogP contribution in [0.5, 0.6) is 0 Å². The molecule has 0 spiro atoms. The third kappa shape index (κ3) is 2.65. The van der Waals surface area contributed by atoms with Crippen LogP contribution in [0, 0.1) is 6.61 Å². The first-order valence-electron chi connectivity index (χ1n) is 6.77. The van der Waals surface area contributed by atoms with E-state index in [2.05, 4.69) is 0 Å². The topological polar surface area (TPSA) is 180 Å². The van der Waals surface area contributed by atoms with E-state index in [1.165, 1.54) is 0 Å². The van der Waals surface area contributed by atoms with Gasteiger partial charge in [0.15, 0.2) is 0 Å². The van der Waals surface area contributed by atoms with Gasteiger partial charge in [0.1, 0.15) is 61.0 Å². The Hall–Kier alpha value is -0.400. The van der Waals surface area contributed by atoms with Crippen molar-refractivity contribution in [2.24, 2.45) is 0 Å². The monoisotopic (exact) mass is 325 g/mol. The van der Waals surface area contributed by atoms with Crippen molar-refractivity contribution in [3.8, 4) is 0 Å². The van der Waals surface area contributed by atoms with Gasteiger partial charge >= 0.3 is 0 Å². The maximum absolute atomic E-state index is 10.7. The average Bonchev–Trinajstić information content (AvgIpc) is 2.51. The molecule has 10 nitrogen and oxygen atoms in total. The lowest BCUT2D eigenvalue weighted by molar-refractivity contribution is -0.325. The Morgan fingerprint density at radius 1 is 0.909 bits per heavy atom. The van der Waals surface area contributed by atoms with Crippen molar-refractivity contribution in [3.63, 3.8) is 0 Å². The summed E-state index contributed by atoms with van der Waals surface area (Å²) in [5.74, 6) is 0. The Morgan fingerprint density at radius 2 is 1.55 bits per heavy atom. The van der Waals surface area contributed by atoms with E-state index in [4.69, 9.17) is 14.6 Å². The minimum atomic E-state index is -2.49. The molecule has 9 atom stereocenters. The van der Waals surface area contributed by atoms with E-state index in [1.54, 1.807) is 0 Å². The molecule has 0 aromatic rings. The summed E-state index contributed by atoms with van der Waals surface area (Å²) < 4.78 is 10.1. The standard InChI is InChI=1S/C12H21O10/c13-1-5-7(16)8(17)9(18)11(22-5)12(20)6(2-14)21-3-4(15)10(12)19/h3-11,13-20H,1-2H2/t4-,5+,6+,7-,8-,9+,10+,11+,12+/m0/s1. The first kappa shape index (κ1) is 17.9. The van der Waals surface area contributed by atoms with Crippen molar-refractivity contribution in [1.82, 2.24) is 0 Å². The predicted molar refractivity (Wildman–Crippen MR) is 67.0 cm³/mol. The zero-order valence-corrected chi connectivity index (χ0v) is 11.5. The molecule has 1 radical (unpaired) electrons. The molecule has 0 amide bonds. The Labute approximate surface area is 125 Å². The maximum atomic E-state index is 10.7. The van der Waals surface area contributed by atoms with Gasteiger partial charge in [-0.2, -0.15) is 0 Å². The summed E-state index contributed by atoms with van der Waals surface area (Å²) in [6.45, 7) is -0.706. The van der Waals surface area contributed by atoms with Crippen LogP contribution in [0.4, 0.5) is 0 Å². The van der Waals surface area contributed by atoms with Crippen LogP contribution in [0.25, 0.3) is 0 Å². The molecule has 0 aromatic carbocycles. The molecule has 2 heterocycles. The molecule has 22 heavy (non-hydrogen) atoms. The Kier molecular flexibility index (Phi) is 5.39. The third-order valence-electron chi connectivity index (χ3n) is 4.21. The van der Waals surface area contributed by atoms with Crippen LogP contribution in [-0.2, 0) is 9.47 Å². The van der Waals surface area contributed by atoms with Gasteiger partial charge in [0.25, 0.3) is 0 Å². The lowest BCUT2D eigenvalue weighted by atomic mass is 9.75. The van der Waals surface area contributed by atoms with E-state index in [1.807, 2.05) is 0 Å². The van der Waals surface area contributed by atoms with Gasteiger partial charge in [0.2, 0.25) is 0 Å². The van der Waals surface area contributed by atoms with Crippen molar-refractivity contribution in [3.05, 3.63) is 6.61 Å². The number of ether oxygens (including phenoxy) is 2. The molecule has 2 saturated heterocycles. The molecule has 0 unspecified atom stereocenters. The summed E-state index contributed by atoms with van der Waals surface area (Å²) in [5.41, 5.74) is -2.49. The molecule has 0 bridgehead atoms. The SMILES string of the molecule is OC[C@H]1O[C@@H]([C@]2(O)[C@H](O)[C@@H](O)[CH]O[C@@H]2CO)[C@H](O)[C@@H](O)[C@H]1O. The largest absolute Gasteiger partial charge is 0.394 e. The van der Waals surface area contributed by atoms with Crippen LogP contribution in [-0.4, -0.2) is 108 Å². The summed E-state index contributed by atoms with van der Waals surface area (Å²) >= 11 is 0. The summed E-state index contributed by atoms with van der Waals surface area (Å²) in [5, 5.41) is 78.4. The van der Waals surface area contributed by atoms with Crippen molar-refractivity contribution < 1.29 is 50.3 Å². The van der Waals surface area contributed by atoms with Crippen molar-refractivity contribution in [1.29, 1.82) is 0 Å². The fourth-order valence-electron chi connectivity index (χ4n) is 2.85. The molecule has 0 saturated carbocycles. The Balaban J connectivity index is 2.36. The molecular formula is C12H21O10. The van der Waals surface area contributed by atoms with Crippen molar-refractivity contribution in [2.75, 3.05) is 13.2 Å². The predicted octanol–water partition coefficient (Wildman–Crippen LogP) is -5.17. The normalized spacial score (nSPS) is 53.5. The Bertz CT molecular complexity index is 375. The first-order chi connectivity index (χ1) is 10.3. The average molecular weight is 325 g/mol. The molecular weight excluding hydrogens is 304 g/mol. The number of aliphatic hydroxyl groups excluding tert-OH is 7. The van der Waals surface area contributed by atoms with Crippen LogP contribution >= 0.6 is 0 Å². The zero-order valence-electron chi connectivity index (χ0n) is 11.5. The fourth-order valence-corrected chi connectivity index (χ4v) is 2.85. The van der Waals surface area contributed by atoms with Crippen molar-refractivity contribution >= 4 is 0 Å². The molecule has 2 aliphatic heterocycles. The molecule has 8 N–H and O–H groups in total. The summed E-state index contributed by atoms with van der Waals surface area (Å²) in [4.78, 5) is 0. The maximum Gasteiger partial charge on any atom is 0.150 e. The number of hydrogen-bond acceptors (Lipinski definition) is 10. The van der Waals surface area contributed by atoms with E-state index in [0.717, 1.165) is 6.61 Å². The lowest BCUT2D eigenvalue weighted by Crippen LogP contribution is -2.75. The smallest absolute Gasteiger partial charge is 0.150 e. The van der Waals surface area contributed by atoms with Gasteiger partial charge in [0, 0.05) is 0 Å². The van der Waals surface area contributed by atoms with Gasteiger partial charge in [-0.3, -0.25) is 0 Å². The highest BCUT2D eigenvalue weighted by atomic mass is 16.6. The van der Waals surface area contributed by atoms with Crippen LogP contribution in [0.15, 0.2) is 0 Å². The van der Waals surface area contributed by atoms with Gasteiger partial charge in [-0.15, -0.1) is 0 Å². The quantitative estimate of drug-likeness (QED) is 0.250. The third-order valence-corrected chi connectivity index (χ3v) is 4.21. The minimum Gasteiger partial charge on any atom is -0.394 e. The molecule has 2 aliphatic rings. The minimum absolute atomic E-state index is 0.729. The lowest BCUT2D eigenvalue weighted by Gasteiger charge is -2.53. The van der Waals surface area contributed by atoms with Crippen molar-refractivity contribution in [2.45, 2.75) is 54.4 Å². The highest BCUT2D eigenvalue weighted by Gasteiger charge is 2.62. The van der Waals surface area contributed by atoms with E-state index in [9.17, 15) is 35.7 Å². The molecule has 129 valence electrons. The van der Waals surface area contributed by atoms with E-state index in [0.29, 0.717) is 0 Å². The van der Waals surface area contributed by atoms with E-state index in [-0.39, 0.29) is 0 Å². The number of aliphatic hydroxyl groups is 8. The van der Waals surface area contributed by atoms with Crippen LogP contribution in [0.1, 0.15) is 0 Å². The van der Waals surface area contributed by atoms with Gasteiger partial charge in [-0.25, -0.2) is 0 Å². The second-order valence-corrected chi connectivity index (χ2v) is 5.52. The summed E-state index contributed by atoms with van der Waals surface area (Å²) in [6, 6.07) is 0. The number of rotatable bonds is 3. The Morgan fingerprint density at radius 3 is 2.09 bits per heavy atom. The molecule has 0 aromatic heterocycles. The second-order valence-electron chi connectivity index (χ2n) is 5.52. The fraction of sp³-hybridized carbons (Fsp3) is 0.917. The number of hydrogen-bond donors (Lipinski definition) is 8. The summed E-state index contributed by atoms with van der Waals surface area (Å²) in [7, 11) is 0. The van der Waals surface area contributed by atoms with Crippen LogP contribution in [0.3, 0.4) is 0 Å². The highest BCUT2D eigenvalue weighted by Crippen LogP contribution is 2.38. The van der Waals surface area contributed by atoms with E-state index >= 15 is 0 Å². The molecule has 10 heteroatoms. The van der Waals surface area contributed by atoms with Crippen LogP contribution < -0.4 is 0 Å². The molecule has 2 fully saturated rings. The molecule has 0 aliphatic carbocycles. The second kappa shape index (κ2) is 6.61. The summed E-state index contributed by atoms with van der Waals surface area (Å²) in [6.07, 6.45) is -13.4. The van der Waals surface area contributed by atoms with Gasteiger partial charge in [-0.05, 0) is 0 Å². The molecule has 2 rings (SSSR count). The van der Waals surface area contributed by atoms with Gasteiger partial charge in [-0.1, -0.05) is 0 Å². The van der Waals surface area contributed by atoms with Gasteiger partial charge in [0.05, 0.1) is 13.2 Å². The van der Waals surface area contributed by atoms with E-state index < -0.39 is 67.6 Å². The first-order valence-corrected chi connectivity index (χ1v) is 6.77. The van der Waals surface area contributed by atoms with Gasteiger partial charge < -0.3 is 50.3 Å².